The highest BCUT2D eigenvalue weighted by molar-refractivity contribution is 5.77. The molecule has 2 aromatic carbocycles. The van der Waals surface area contributed by atoms with Crippen LogP contribution in [0.4, 0.5) is 8.78 Å². The van der Waals surface area contributed by atoms with Crippen molar-refractivity contribution in [1.82, 2.24) is 5.32 Å². The van der Waals surface area contributed by atoms with E-state index < -0.39 is 11.9 Å². The molecule has 3 rings (SSSR count). The average molecular weight is 317 g/mol. The molecule has 1 aliphatic carbocycles. The number of hydrogen-bond donors (Lipinski definition) is 2. The third kappa shape index (κ3) is 3.56. The molecule has 120 valence electrons. The van der Waals surface area contributed by atoms with Crippen molar-refractivity contribution >= 4 is 5.91 Å². The van der Waals surface area contributed by atoms with Crippen molar-refractivity contribution in [3.8, 4) is 0 Å². The van der Waals surface area contributed by atoms with Gasteiger partial charge in [-0.15, -0.1) is 0 Å². The Morgan fingerprint density at radius 3 is 2.78 bits per heavy atom. The summed E-state index contributed by atoms with van der Waals surface area (Å²) in [5.41, 5.74) is 2.18. The molecule has 23 heavy (non-hydrogen) atoms. The summed E-state index contributed by atoms with van der Waals surface area (Å²) in [5.74, 6) is -1.13. The topological polar surface area (TPSA) is 49.3 Å². The van der Waals surface area contributed by atoms with Crippen LogP contribution >= 0.6 is 0 Å². The Morgan fingerprint density at radius 2 is 2.00 bits per heavy atom. The highest BCUT2D eigenvalue weighted by Gasteiger charge is 2.25. The van der Waals surface area contributed by atoms with E-state index in [2.05, 4.69) is 5.32 Å². The molecule has 0 fully saturated rings. The Kier molecular flexibility index (Phi) is 4.39. The molecule has 3 nitrogen and oxygen atoms in total. The lowest BCUT2D eigenvalue weighted by Crippen LogP contribution is -2.28. The van der Waals surface area contributed by atoms with Gasteiger partial charge in [0.1, 0.15) is 11.6 Å². The molecule has 5 heteroatoms. The minimum atomic E-state index is -1.07. The Morgan fingerprint density at radius 1 is 1.22 bits per heavy atom. The molecule has 0 radical (unpaired) electrons. The minimum absolute atomic E-state index is 0.162. The molecule has 2 aromatic rings. The standard InChI is InChI=1S/C18H17F2NO2/c19-13-3-1-2-12(8-13)17(22)10-18(23)21-16-7-5-11-4-6-14(20)9-15(11)16/h1-4,6,8-9,16-17,22H,5,7,10H2,(H,21,23). The number of nitrogens with one attached hydrogen (secondary N) is 1. The first-order valence-electron chi connectivity index (χ1n) is 7.54. The number of rotatable bonds is 4. The normalized spacial score (nSPS) is 17.6. The summed E-state index contributed by atoms with van der Waals surface area (Å²) in [6.07, 6.45) is 0.261. The SMILES string of the molecule is O=C(CC(O)c1cccc(F)c1)NC1CCc2ccc(F)cc21. The Bertz CT molecular complexity index is 733. The largest absolute Gasteiger partial charge is 0.388 e. The number of fused-ring (bicyclic) bond motifs is 1. The first-order valence-corrected chi connectivity index (χ1v) is 7.54. The predicted octanol–water partition coefficient (Wildman–Crippen LogP) is 3.19. The van der Waals surface area contributed by atoms with Crippen LogP contribution < -0.4 is 5.32 Å². The molecular weight excluding hydrogens is 300 g/mol. The number of benzene rings is 2. The van der Waals surface area contributed by atoms with E-state index in [1.54, 1.807) is 12.1 Å². The Labute approximate surface area is 133 Å². The van der Waals surface area contributed by atoms with Crippen LogP contribution in [-0.2, 0) is 11.2 Å². The summed E-state index contributed by atoms with van der Waals surface area (Å²) in [7, 11) is 0. The summed E-state index contributed by atoms with van der Waals surface area (Å²) in [6.45, 7) is 0. The van der Waals surface area contributed by atoms with Crippen LogP contribution in [0.2, 0.25) is 0 Å². The number of carbonyl (C=O) groups is 1. The lowest BCUT2D eigenvalue weighted by molar-refractivity contribution is -0.123. The summed E-state index contributed by atoms with van der Waals surface area (Å²) < 4.78 is 26.5. The molecule has 2 atom stereocenters. The van der Waals surface area contributed by atoms with Crippen LogP contribution in [0.25, 0.3) is 0 Å². The van der Waals surface area contributed by atoms with Crippen LogP contribution in [0.15, 0.2) is 42.5 Å². The zero-order valence-electron chi connectivity index (χ0n) is 12.4. The second-order valence-electron chi connectivity index (χ2n) is 5.78. The van der Waals surface area contributed by atoms with Crippen molar-refractivity contribution in [2.24, 2.45) is 0 Å². The second-order valence-corrected chi connectivity index (χ2v) is 5.78. The third-order valence-corrected chi connectivity index (χ3v) is 4.13. The van der Waals surface area contributed by atoms with E-state index in [1.165, 1.54) is 30.3 Å². The number of amides is 1. The smallest absolute Gasteiger partial charge is 0.223 e. The zero-order valence-corrected chi connectivity index (χ0v) is 12.4. The Hall–Kier alpha value is -2.27. The van der Waals surface area contributed by atoms with Gasteiger partial charge in [-0.2, -0.15) is 0 Å². The third-order valence-electron chi connectivity index (χ3n) is 4.13. The number of hydrogen-bond acceptors (Lipinski definition) is 2. The molecule has 0 aromatic heterocycles. The molecule has 1 amide bonds. The van der Waals surface area contributed by atoms with Crippen LogP contribution in [-0.4, -0.2) is 11.0 Å². The van der Waals surface area contributed by atoms with Gasteiger partial charge in [-0.25, -0.2) is 8.78 Å². The molecule has 0 bridgehead atoms. The highest BCUT2D eigenvalue weighted by atomic mass is 19.1. The number of aliphatic hydroxyl groups excluding tert-OH is 1. The van der Waals surface area contributed by atoms with Crippen molar-refractivity contribution in [1.29, 1.82) is 0 Å². The Balaban J connectivity index is 1.64. The van der Waals surface area contributed by atoms with Gasteiger partial charge in [0.15, 0.2) is 0 Å². The van der Waals surface area contributed by atoms with Gasteiger partial charge in [0.2, 0.25) is 5.91 Å². The number of carbonyl (C=O) groups excluding carboxylic acids is 1. The fourth-order valence-electron chi connectivity index (χ4n) is 2.98. The number of aryl methyl sites for hydroxylation is 1. The zero-order chi connectivity index (χ0) is 16.4. The summed E-state index contributed by atoms with van der Waals surface area (Å²) in [4.78, 5) is 12.1. The maximum Gasteiger partial charge on any atom is 0.223 e. The van der Waals surface area contributed by atoms with E-state index in [0.717, 1.165) is 17.5 Å². The van der Waals surface area contributed by atoms with Crippen LogP contribution in [0.5, 0.6) is 0 Å². The highest BCUT2D eigenvalue weighted by Crippen LogP contribution is 2.31. The molecule has 1 aliphatic rings. The van der Waals surface area contributed by atoms with Gasteiger partial charge in [-0.05, 0) is 53.8 Å². The molecule has 2 unspecified atom stereocenters. The second kappa shape index (κ2) is 6.46. The molecule has 0 saturated heterocycles. The summed E-state index contributed by atoms with van der Waals surface area (Å²) in [6, 6.07) is 9.89. The monoisotopic (exact) mass is 317 g/mol. The maximum absolute atomic E-state index is 13.4. The average Bonchev–Trinajstić information content (AvgIpc) is 2.89. The first kappa shape index (κ1) is 15.6. The van der Waals surface area contributed by atoms with E-state index in [0.29, 0.717) is 12.0 Å². The number of aliphatic hydroxyl groups is 1. The molecule has 2 N–H and O–H groups in total. The lowest BCUT2D eigenvalue weighted by Gasteiger charge is -2.16. The summed E-state index contributed by atoms with van der Waals surface area (Å²) in [5, 5.41) is 12.9. The van der Waals surface area contributed by atoms with Gasteiger partial charge in [-0.3, -0.25) is 4.79 Å². The first-order chi connectivity index (χ1) is 11.0. The molecule has 0 spiro atoms. The lowest BCUT2D eigenvalue weighted by atomic mass is 10.0. The van der Waals surface area contributed by atoms with Crippen molar-refractivity contribution in [2.45, 2.75) is 31.4 Å². The van der Waals surface area contributed by atoms with Crippen LogP contribution in [0, 0.1) is 11.6 Å². The fraction of sp³-hybridized carbons (Fsp3) is 0.278. The van der Waals surface area contributed by atoms with Gasteiger partial charge in [0.25, 0.3) is 0 Å². The maximum atomic E-state index is 13.4. The van der Waals surface area contributed by atoms with E-state index >= 15 is 0 Å². The predicted molar refractivity (Wildman–Crippen MR) is 81.6 cm³/mol. The van der Waals surface area contributed by atoms with Gasteiger partial charge >= 0.3 is 0 Å². The van der Waals surface area contributed by atoms with Crippen LogP contribution in [0.1, 0.15) is 41.7 Å². The fourth-order valence-corrected chi connectivity index (χ4v) is 2.98. The van der Waals surface area contributed by atoms with E-state index in [-0.39, 0.29) is 24.2 Å². The van der Waals surface area contributed by atoms with E-state index in [4.69, 9.17) is 0 Å². The summed E-state index contributed by atoms with van der Waals surface area (Å²) >= 11 is 0. The number of halogens is 2. The molecule has 0 aliphatic heterocycles. The van der Waals surface area contributed by atoms with Gasteiger partial charge in [0, 0.05) is 0 Å². The van der Waals surface area contributed by atoms with Crippen LogP contribution in [0.3, 0.4) is 0 Å². The molecule has 0 heterocycles. The van der Waals surface area contributed by atoms with Crippen molar-refractivity contribution in [2.75, 3.05) is 0 Å². The van der Waals surface area contributed by atoms with Gasteiger partial charge in [0.05, 0.1) is 18.6 Å². The quantitative estimate of drug-likeness (QED) is 0.910. The molecular formula is C18H17F2NO2. The van der Waals surface area contributed by atoms with Crippen molar-refractivity contribution in [3.05, 3.63) is 70.8 Å². The van der Waals surface area contributed by atoms with E-state index in [1.807, 2.05) is 0 Å². The van der Waals surface area contributed by atoms with Gasteiger partial charge in [-0.1, -0.05) is 18.2 Å². The molecule has 0 saturated carbocycles. The van der Waals surface area contributed by atoms with Crippen molar-refractivity contribution in [3.63, 3.8) is 0 Å². The van der Waals surface area contributed by atoms with E-state index in [9.17, 15) is 18.7 Å². The van der Waals surface area contributed by atoms with Crippen molar-refractivity contribution < 1.29 is 18.7 Å². The van der Waals surface area contributed by atoms with Gasteiger partial charge < -0.3 is 10.4 Å². The minimum Gasteiger partial charge on any atom is -0.388 e.